The van der Waals surface area contributed by atoms with E-state index in [2.05, 4.69) is 10.6 Å². The van der Waals surface area contributed by atoms with Crippen molar-refractivity contribution in [1.82, 2.24) is 10.6 Å². The Labute approximate surface area is 171 Å². The first-order valence-electron chi connectivity index (χ1n) is 9.25. The molecule has 1 fully saturated rings. The third-order valence-electron chi connectivity index (χ3n) is 4.44. The van der Waals surface area contributed by atoms with Gasteiger partial charge < -0.3 is 10.6 Å². The van der Waals surface area contributed by atoms with Crippen molar-refractivity contribution < 1.29 is 26.7 Å². The maximum Gasteiger partial charge on any atom is 0.432 e. The third kappa shape index (κ3) is 7.13. The molecule has 0 saturated heterocycles. The lowest BCUT2D eigenvalue weighted by Gasteiger charge is -2.19. The van der Waals surface area contributed by atoms with Crippen LogP contribution in [0.5, 0.6) is 0 Å². The molecule has 4 nitrogen and oxygen atoms in total. The molecule has 1 atom stereocenters. The molecule has 0 aliphatic heterocycles. The fourth-order valence-corrected chi connectivity index (χ4v) is 2.61. The van der Waals surface area contributed by atoms with Crippen LogP contribution in [0.25, 0.3) is 0 Å². The van der Waals surface area contributed by atoms with E-state index >= 15 is 0 Å². The summed E-state index contributed by atoms with van der Waals surface area (Å²) in [5.41, 5.74) is -0.582. The summed E-state index contributed by atoms with van der Waals surface area (Å²) in [7, 11) is 0. The molecule has 0 spiro atoms. The zero-order valence-electron chi connectivity index (χ0n) is 16.2. The molecule has 2 aliphatic rings. The Morgan fingerprint density at radius 2 is 1.97 bits per heavy atom. The first-order valence-corrected chi connectivity index (χ1v) is 9.25. The Morgan fingerprint density at radius 3 is 2.50 bits per heavy atom. The van der Waals surface area contributed by atoms with Crippen LogP contribution in [0.1, 0.15) is 26.2 Å². The number of rotatable bonds is 8. The smallest absolute Gasteiger partial charge is 0.359 e. The van der Waals surface area contributed by atoms with Gasteiger partial charge in [-0.05, 0) is 56.4 Å². The molecule has 1 saturated carbocycles. The van der Waals surface area contributed by atoms with Crippen molar-refractivity contribution in [1.29, 1.82) is 5.41 Å². The van der Waals surface area contributed by atoms with Crippen LogP contribution < -0.4 is 10.6 Å². The molecule has 0 aromatic rings. The third-order valence-corrected chi connectivity index (χ3v) is 4.44. The highest BCUT2D eigenvalue weighted by molar-refractivity contribution is 5.97. The van der Waals surface area contributed by atoms with Crippen molar-refractivity contribution in [3.05, 3.63) is 71.8 Å². The number of carbonyl (C=O) groups is 1. The number of amides is 1. The van der Waals surface area contributed by atoms with E-state index in [4.69, 9.17) is 5.41 Å². The number of hydrogen-bond donors (Lipinski definition) is 3. The first kappa shape index (κ1) is 23.3. The summed E-state index contributed by atoms with van der Waals surface area (Å²) in [5.74, 6) is -1.78. The molecular weight excluding hydrogens is 405 g/mol. The maximum absolute atomic E-state index is 13.8. The highest BCUT2D eigenvalue weighted by atomic mass is 19.4. The van der Waals surface area contributed by atoms with Crippen LogP contribution in [0.2, 0.25) is 0 Å². The van der Waals surface area contributed by atoms with E-state index in [1.807, 2.05) is 0 Å². The minimum absolute atomic E-state index is 0.0191. The average molecular weight is 427 g/mol. The van der Waals surface area contributed by atoms with Crippen LogP contribution in [0.15, 0.2) is 71.8 Å². The van der Waals surface area contributed by atoms with Gasteiger partial charge in [0.2, 0.25) is 5.91 Å². The Balaban J connectivity index is 1.97. The molecule has 0 aromatic heterocycles. The van der Waals surface area contributed by atoms with Gasteiger partial charge in [-0.15, -0.1) is 0 Å². The second-order valence-corrected chi connectivity index (χ2v) is 6.91. The standard InChI is InChI=1S/C21H22F5N3O/c1-13(17(23)4-2-3-11-22)28-20(30)15-7-9-16(10-8-15)29-18(14-5-6-14)12-19(27)21(24,25)26/h2-4,7,9-12,14-15,27,29H,5-6,8H2,1H3,(H,28,30)/b4-2-,11-3+,17-13-,18-12-,27-19?. The van der Waals surface area contributed by atoms with E-state index in [0.29, 0.717) is 11.4 Å². The Bertz CT molecular complexity index is 858. The molecule has 0 bridgehead atoms. The highest BCUT2D eigenvalue weighted by Gasteiger charge is 2.35. The minimum atomic E-state index is -4.71. The Morgan fingerprint density at radius 1 is 1.27 bits per heavy atom. The van der Waals surface area contributed by atoms with Gasteiger partial charge in [0, 0.05) is 11.4 Å². The summed E-state index contributed by atoms with van der Waals surface area (Å²) in [4.78, 5) is 12.3. The molecule has 3 N–H and O–H groups in total. The molecule has 30 heavy (non-hydrogen) atoms. The summed E-state index contributed by atoms with van der Waals surface area (Å²) in [5, 5.41) is 12.5. The van der Waals surface area contributed by atoms with Crippen molar-refractivity contribution in [2.45, 2.75) is 32.4 Å². The minimum Gasteiger partial charge on any atom is -0.359 e. The molecule has 1 amide bonds. The predicted molar refractivity (Wildman–Crippen MR) is 104 cm³/mol. The Kier molecular flexibility index (Phi) is 7.91. The van der Waals surface area contributed by atoms with Crippen molar-refractivity contribution in [2.24, 2.45) is 11.8 Å². The second kappa shape index (κ2) is 10.2. The van der Waals surface area contributed by atoms with E-state index in [1.165, 1.54) is 6.92 Å². The summed E-state index contributed by atoms with van der Waals surface area (Å²) in [6.45, 7) is 1.37. The normalized spacial score (nSPS) is 20.9. The second-order valence-electron chi connectivity index (χ2n) is 6.91. The molecule has 0 radical (unpaired) electrons. The van der Waals surface area contributed by atoms with Gasteiger partial charge in [0.1, 0.15) is 11.5 Å². The van der Waals surface area contributed by atoms with Crippen LogP contribution in [0.4, 0.5) is 22.0 Å². The fourth-order valence-electron chi connectivity index (χ4n) is 2.61. The summed E-state index contributed by atoms with van der Waals surface area (Å²) >= 11 is 0. The monoisotopic (exact) mass is 427 g/mol. The molecule has 9 heteroatoms. The van der Waals surface area contributed by atoms with Gasteiger partial charge in [0.05, 0.1) is 17.9 Å². The number of alkyl halides is 3. The molecule has 0 heterocycles. The predicted octanol–water partition coefficient (Wildman–Crippen LogP) is 5.27. The number of carbonyl (C=O) groups excluding carboxylic acids is 1. The van der Waals surface area contributed by atoms with E-state index in [0.717, 1.165) is 37.1 Å². The van der Waals surface area contributed by atoms with Gasteiger partial charge in [0.25, 0.3) is 0 Å². The molecule has 1 unspecified atom stereocenters. The highest BCUT2D eigenvalue weighted by Crippen LogP contribution is 2.36. The molecule has 2 rings (SSSR count). The zero-order chi connectivity index (χ0) is 22.3. The number of hydrogen-bond acceptors (Lipinski definition) is 3. The summed E-state index contributed by atoms with van der Waals surface area (Å²) in [6, 6.07) is 0. The van der Waals surface area contributed by atoms with Gasteiger partial charge >= 0.3 is 6.18 Å². The topological polar surface area (TPSA) is 65.0 Å². The van der Waals surface area contributed by atoms with Crippen molar-refractivity contribution in [3.63, 3.8) is 0 Å². The SMILES string of the molecule is C\C(NC(=O)C1C=CC(N/C(=C\C(=N)C(F)(F)F)C2CC2)=CC1)=C(F)/C=C\C=C\F. The van der Waals surface area contributed by atoms with Crippen molar-refractivity contribution in [2.75, 3.05) is 0 Å². The van der Waals surface area contributed by atoms with E-state index < -0.39 is 29.5 Å². The van der Waals surface area contributed by atoms with Gasteiger partial charge in [-0.3, -0.25) is 10.2 Å². The quantitative estimate of drug-likeness (QED) is 0.281. The van der Waals surface area contributed by atoms with E-state index in [-0.39, 0.29) is 24.4 Å². The zero-order valence-corrected chi connectivity index (χ0v) is 16.2. The Hall–Kier alpha value is -2.97. The first-order chi connectivity index (χ1) is 14.1. The largest absolute Gasteiger partial charge is 0.432 e. The van der Waals surface area contributed by atoms with Crippen LogP contribution >= 0.6 is 0 Å². The molecule has 0 aromatic carbocycles. The lowest BCUT2D eigenvalue weighted by atomic mass is 9.98. The van der Waals surface area contributed by atoms with Crippen LogP contribution in [-0.2, 0) is 4.79 Å². The molecular formula is C21H22F5N3O. The summed E-state index contributed by atoms with van der Waals surface area (Å²) < 4.78 is 63.6. The van der Waals surface area contributed by atoms with Crippen LogP contribution in [-0.4, -0.2) is 17.8 Å². The number of allylic oxidation sites excluding steroid dienone is 9. The lowest BCUT2D eigenvalue weighted by molar-refractivity contribution is -0.122. The van der Waals surface area contributed by atoms with Crippen molar-refractivity contribution >= 4 is 11.6 Å². The van der Waals surface area contributed by atoms with Gasteiger partial charge in [-0.25, -0.2) is 8.78 Å². The average Bonchev–Trinajstić information content (AvgIpc) is 3.52. The van der Waals surface area contributed by atoms with E-state index in [9.17, 15) is 26.7 Å². The maximum atomic E-state index is 13.8. The van der Waals surface area contributed by atoms with Crippen LogP contribution in [0, 0.1) is 17.2 Å². The molecule has 162 valence electrons. The number of halogens is 5. The fraction of sp³-hybridized carbons (Fsp3) is 0.333. The van der Waals surface area contributed by atoms with Crippen molar-refractivity contribution in [3.8, 4) is 0 Å². The van der Waals surface area contributed by atoms with Gasteiger partial charge in [-0.1, -0.05) is 18.2 Å². The number of nitrogens with one attached hydrogen (secondary N) is 3. The van der Waals surface area contributed by atoms with Crippen LogP contribution in [0.3, 0.4) is 0 Å². The molecule has 2 aliphatic carbocycles. The van der Waals surface area contributed by atoms with Gasteiger partial charge in [0.15, 0.2) is 0 Å². The summed E-state index contributed by atoms with van der Waals surface area (Å²) in [6.07, 6.45) is 6.08. The van der Waals surface area contributed by atoms with E-state index in [1.54, 1.807) is 18.2 Å². The van der Waals surface area contributed by atoms with Gasteiger partial charge in [-0.2, -0.15) is 13.2 Å². The lowest BCUT2D eigenvalue weighted by Crippen LogP contribution is -2.30.